The third-order valence-electron chi connectivity index (χ3n) is 7.17. The number of nitrogens with one attached hydrogen (secondary N) is 1. The Morgan fingerprint density at radius 2 is 1.86 bits per heavy atom. The Bertz CT molecular complexity index is 831. The Balaban J connectivity index is 1.62. The number of anilines is 1. The molecule has 158 valence electrons. The van der Waals surface area contributed by atoms with Crippen molar-refractivity contribution >= 4 is 34.2 Å². The van der Waals surface area contributed by atoms with E-state index in [9.17, 15) is 19.5 Å². The molecule has 1 aromatic rings. The number of hydrogen-bond donors (Lipinski definition) is 2. The third-order valence-corrected chi connectivity index (χ3v) is 8.34. The molecule has 1 aromatic heterocycles. The van der Waals surface area contributed by atoms with E-state index < -0.39 is 23.8 Å². The van der Waals surface area contributed by atoms with E-state index in [4.69, 9.17) is 4.74 Å². The Kier molecular flexibility index (Phi) is 5.69. The fourth-order valence-electron chi connectivity index (χ4n) is 5.73. The highest BCUT2D eigenvalue weighted by molar-refractivity contribution is 7.17. The standard InChI is InChI=1S/C22H29NO5S/c1-3-11-5-8-14-15(9-11)29-20(18(14)22(27)28-4-2)23-19(24)16-12-6-7-13(10-12)17(16)21(25)26/h11-13,16-17H,3-10H2,1-2H3,(H,23,24)(H,25,26)/t11-,12+,13-,16-,17-/m0/s1. The van der Waals surface area contributed by atoms with E-state index in [2.05, 4.69) is 12.2 Å². The van der Waals surface area contributed by atoms with E-state index in [0.717, 1.165) is 55.4 Å². The molecule has 0 radical (unpaired) electrons. The van der Waals surface area contributed by atoms with Crippen molar-refractivity contribution < 1.29 is 24.2 Å². The first-order valence-corrected chi connectivity index (χ1v) is 11.6. The minimum Gasteiger partial charge on any atom is -0.481 e. The molecule has 4 rings (SSSR count). The molecule has 2 N–H and O–H groups in total. The molecule has 0 spiro atoms. The van der Waals surface area contributed by atoms with E-state index in [1.807, 2.05) is 0 Å². The zero-order valence-corrected chi connectivity index (χ0v) is 17.8. The van der Waals surface area contributed by atoms with Gasteiger partial charge in [0, 0.05) is 4.88 Å². The summed E-state index contributed by atoms with van der Waals surface area (Å²) in [5.41, 5.74) is 1.50. The Morgan fingerprint density at radius 1 is 1.14 bits per heavy atom. The molecule has 2 fully saturated rings. The number of rotatable bonds is 6. The number of carbonyl (C=O) groups is 3. The summed E-state index contributed by atoms with van der Waals surface area (Å²) in [5, 5.41) is 13.2. The normalized spacial score (nSPS) is 30.1. The number of carboxylic acid groups (broad SMARTS) is 1. The van der Waals surface area contributed by atoms with E-state index in [0.29, 0.717) is 16.5 Å². The van der Waals surface area contributed by atoms with Gasteiger partial charge in [-0.05, 0) is 68.8 Å². The molecule has 2 saturated carbocycles. The van der Waals surface area contributed by atoms with Gasteiger partial charge in [0.15, 0.2) is 0 Å². The van der Waals surface area contributed by atoms with Crippen molar-refractivity contribution in [3.63, 3.8) is 0 Å². The third kappa shape index (κ3) is 3.58. The fourth-order valence-corrected chi connectivity index (χ4v) is 7.08. The number of fused-ring (bicyclic) bond motifs is 3. The van der Waals surface area contributed by atoms with Crippen molar-refractivity contribution in [2.45, 2.75) is 58.8 Å². The van der Waals surface area contributed by atoms with Crippen LogP contribution >= 0.6 is 11.3 Å². The second-order valence-electron chi connectivity index (χ2n) is 8.66. The average molecular weight is 420 g/mol. The topological polar surface area (TPSA) is 92.7 Å². The summed E-state index contributed by atoms with van der Waals surface area (Å²) in [6, 6.07) is 0. The molecule has 1 heterocycles. The molecule has 29 heavy (non-hydrogen) atoms. The van der Waals surface area contributed by atoms with Gasteiger partial charge in [0.2, 0.25) is 5.91 Å². The zero-order chi connectivity index (χ0) is 20.7. The van der Waals surface area contributed by atoms with E-state index >= 15 is 0 Å². The molecule has 0 aliphatic heterocycles. The summed E-state index contributed by atoms with van der Waals surface area (Å²) in [6.07, 6.45) is 6.50. The van der Waals surface area contributed by atoms with Gasteiger partial charge in [-0.2, -0.15) is 0 Å². The maximum Gasteiger partial charge on any atom is 0.341 e. The summed E-state index contributed by atoms with van der Waals surface area (Å²) < 4.78 is 5.28. The smallest absolute Gasteiger partial charge is 0.341 e. The number of hydrogen-bond acceptors (Lipinski definition) is 5. The van der Waals surface area contributed by atoms with Gasteiger partial charge in [0.25, 0.3) is 0 Å². The SMILES string of the molecule is CCOC(=O)c1c(NC(=O)[C@H]2[C@@H]3CC[C@@H](C3)[C@@H]2C(=O)O)sc2c1CC[C@H](CC)C2. The molecular formula is C22H29NO5S. The van der Waals surface area contributed by atoms with Gasteiger partial charge in [-0.15, -0.1) is 11.3 Å². The van der Waals surface area contributed by atoms with Crippen LogP contribution < -0.4 is 5.32 Å². The Labute approximate surface area is 175 Å². The van der Waals surface area contributed by atoms with E-state index in [1.165, 1.54) is 11.3 Å². The van der Waals surface area contributed by atoms with Crippen LogP contribution in [0.2, 0.25) is 0 Å². The van der Waals surface area contributed by atoms with Crippen molar-refractivity contribution in [2.75, 3.05) is 11.9 Å². The number of esters is 1. The largest absolute Gasteiger partial charge is 0.481 e. The van der Waals surface area contributed by atoms with Crippen molar-refractivity contribution in [2.24, 2.45) is 29.6 Å². The fraction of sp³-hybridized carbons (Fsp3) is 0.682. The number of thiophene rings is 1. The van der Waals surface area contributed by atoms with Crippen LogP contribution in [-0.4, -0.2) is 29.6 Å². The lowest BCUT2D eigenvalue weighted by atomic mass is 9.78. The molecule has 3 aliphatic carbocycles. The van der Waals surface area contributed by atoms with Crippen LogP contribution in [0.1, 0.15) is 66.8 Å². The number of amides is 1. The second kappa shape index (κ2) is 8.09. The summed E-state index contributed by atoms with van der Waals surface area (Å²) >= 11 is 1.47. The molecule has 6 nitrogen and oxygen atoms in total. The summed E-state index contributed by atoms with van der Waals surface area (Å²) in [5.74, 6) is -1.81. The van der Waals surface area contributed by atoms with Crippen LogP contribution in [0.4, 0.5) is 5.00 Å². The number of aliphatic carboxylic acids is 1. The van der Waals surface area contributed by atoms with Gasteiger partial charge < -0.3 is 15.2 Å². The van der Waals surface area contributed by atoms with E-state index in [1.54, 1.807) is 6.92 Å². The number of carbonyl (C=O) groups excluding carboxylic acids is 2. The molecule has 3 aliphatic rings. The zero-order valence-electron chi connectivity index (χ0n) is 17.0. The lowest BCUT2D eigenvalue weighted by molar-refractivity contribution is -0.148. The summed E-state index contributed by atoms with van der Waals surface area (Å²) in [7, 11) is 0. The molecule has 7 heteroatoms. The van der Waals surface area contributed by atoms with Crippen LogP contribution in [0.15, 0.2) is 0 Å². The van der Waals surface area contributed by atoms with Crippen molar-refractivity contribution in [1.29, 1.82) is 0 Å². The molecular weight excluding hydrogens is 390 g/mol. The van der Waals surface area contributed by atoms with Gasteiger partial charge in [-0.3, -0.25) is 9.59 Å². The van der Waals surface area contributed by atoms with Crippen LogP contribution in [0, 0.1) is 29.6 Å². The molecule has 0 unspecified atom stereocenters. The monoisotopic (exact) mass is 419 g/mol. The predicted octanol–water partition coefficient (Wildman–Crippen LogP) is 4.13. The van der Waals surface area contributed by atoms with Crippen LogP contribution in [-0.2, 0) is 27.2 Å². The number of carboxylic acids is 1. The van der Waals surface area contributed by atoms with Crippen LogP contribution in [0.3, 0.4) is 0 Å². The highest BCUT2D eigenvalue weighted by Crippen LogP contribution is 2.53. The first-order valence-electron chi connectivity index (χ1n) is 10.8. The quantitative estimate of drug-likeness (QED) is 0.677. The molecule has 1 amide bonds. The summed E-state index contributed by atoms with van der Waals surface area (Å²) in [6.45, 7) is 4.23. The Morgan fingerprint density at radius 3 is 2.52 bits per heavy atom. The number of ether oxygens (including phenoxy) is 1. The minimum absolute atomic E-state index is 0.0969. The second-order valence-corrected chi connectivity index (χ2v) is 9.76. The van der Waals surface area contributed by atoms with Crippen LogP contribution in [0.5, 0.6) is 0 Å². The van der Waals surface area contributed by atoms with Gasteiger partial charge >= 0.3 is 11.9 Å². The first-order chi connectivity index (χ1) is 13.9. The van der Waals surface area contributed by atoms with Crippen LogP contribution in [0.25, 0.3) is 0 Å². The molecule has 2 bridgehead atoms. The highest BCUT2D eigenvalue weighted by atomic mass is 32.1. The maximum absolute atomic E-state index is 13.2. The van der Waals surface area contributed by atoms with Crippen molar-refractivity contribution in [3.8, 4) is 0 Å². The summed E-state index contributed by atoms with van der Waals surface area (Å²) in [4.78, 5) is 38.8. The van der Waals surface area contributed by atoms with Crippen molar-refractivity contribution in [1.82, 2.24) is 0 Å². The Hall–Kier alpha value is -1.89. The molecule has 0 saturated heterocycles. The molecule has 5 atom stereocenters. The minimum atomic E-state index is -0.876. The average Bonchev–Trinajstić information content (AvgIpc) is 3.39. The lowest BCUT2D eigenvalue weighted by Gasteiger charge is -2.27. The van der Waals surface area contributed by atoms with Gasteiger partial charge in [0.05, 0.1) is 24.0 Å². The van der Waals surface area contributed by atoms with E-state index in [-0.39, 0.29) is 24.3 Å². The molecule has 0 aromatic carbocycles. The first kappa shape index (κ1) is 20.4. The van der Waals surface area contributed by atoms with Gasteiger partial charge in [0.1, 0.15) is 5.00 Å². The maximum atomic E-state index is 13.2. The van der Waals surface area contributed by atoms with Crippen molar-refractivity contribution in [3.05, 3.63) is 16.0 Å². The highest BCUT2D eigenvalue weighted by Gasteiger charge is 2.54. The predicted molar refractivity (Wildman–Crippen MR) is 110 cm³/mol. The lowest BCUT2D eigenvalue weighted by Crippen LogP contribution is -2.38. The van der Waals surface area contributed by atoms with Gasteiger partial charge in [-0.25, -0.2) is 4.79 Å². The van der Waals surface area contributed by atoms with Gasteiger partial charge in [-0.1, -0.05) is 13.3 Å².